The minimum Gasteiger partial charge on any atom is -0.459 e. The van der Waals surface area contributed by atoms with Crippen LogP contribution in [0.5, 0.6) is 0 Å². The number of hydrogen-bond donors (Lipinski definition) is 2. The molecule has 0 saturated carbocycles. The van der Waals surface area contributed by atoms with Crippen molar-refractivity contribution in [3.8, 4) is 0 Å². The van der Waals surface area contributed by atoms with Crippen LogP contribution in [-0.2, 0) is 4.74 Å². The van der Waals surface area contributed by atoms with E-state index in [4.69, 9.17) is 9.15 Å². The number of carbonyl (C=O) groups excluding carboxylic acids is 1. The van der Waals surface area contributed by atoms with E-state index < -0.39 is 6.03 Å². The maximum Gasteiger partial charge on any atom is 0.319 e. The lowest BCUT2D eigenvalue weighted by Gasteiger charge is -2.26. The Morgan fingerprint density at radius 3 is 2.58 bits per heavy atom. The van der Waals surface area contributed by atoms with Gasteiger partial charge >= 0.3 is 6.03 Å². The van der Waals surface area contributed by atoms with Crippen molar-refractivity contribution in [2.75, 3.05) is 36.5 Å². The number of furan rings is 1. The molecular weight excluding hydrogens is 401 g/mol. The Labute approximate surface area is 179 Å². The van der Waals surface area contributed by atoms with Crippen LogP contribution in [0.3, 0.4) is 0 Å². The zero-order valence-electron chi connectivity index (χ0n) is 17.8. The Morgan fingerprint density at radius 2 is 1.90 bits per heavy atom. The number of urea groups is 1. The Kier molecular flexibility index (Phi) is 6.03. The van der Waals surface area contributed by atoms with Gasteiger partial charge in [0, 0.05) is 24.0 Å². The van der Waals surface area contributed by atoms with Crippen LogP contribution in [0.2, 0.25) is 0 Å². The molecule has 1 aromatic carbocycles. The number of aromatic nitrogens is 2. The summed E-state index contributed by atoms with van der Waals surface area (Å²) in [6, 6.07) is 3.63. The molecule has 9 heteroatoms. The largest absolute Gasteiger partial charge is 0.459 e. The molecule has 2 aromatic heterocycles. The van der Waals surface area contributed by atoms with E-state index in [0.717, 1.165) is 18.7 Å². The highest BCUT2D eigenvalue weighted by atomic mass is 19.1. The fourth-order valence-electron chi connectivity index (χ4n) is 3.66. The minimum atomic E-state index is -0.396. The normalized spacial score (nSPS) is 15.3. The number of nitrogens with one attached hydrogen (secondary N) is 2. The van der Waals surface area contributed by atoms with Gasteiger partial charge in [0.15, 0.2) is 0 Å². The number of fused-ring (bicyclic) bond motifs is 1. The number of halogens is 1. The van der Waals surface area contributed by atoms with Gasteiger partial charge in [-0.15, -0.1) is 0 Å². The van der Waals surface area contributed by atoms with E-state index in [1.807, 2.05) is 25.7 Å². The average Bonchev–Trinajstić information content (AvgIpc) is 3.08. The molecule has 0 spiro atoms. The van der Waals surface area contributed by atoms with Gasteiger partial charge in [0.1, 0.15) is 17.2 Å². The van der Waals surface area contributed by atoms with Gasteiger partial charge in [-0.3, -0.25) is 0 Å². The third-order valence-corrected chi connectivity index (χ3v) is 5.36. The summed E-state index contributed by atoms with van der Waals surface area (Å²) in [6.07, 6.45) is 3.16. The number of aryl methyl sites for hydroxylation is 1. The Balaban J connectivity index is 1.46. The van der Waals surface area contributed by atoms with Gasteiger partial charge in [-0.2, -0.15) is 0 Å². The zero-order valence-corrected chi connectivity index (χ0v) is 17.8. The summed E-state index contributed by atoms with van der Waals surface area (Å²) < 4.78 is 24.9. The predicted molar refractivity (Wildman–Crippen MR) is 116 cm³/mol. The molecule has 31 heavy (non-hydrogen) atoms. The predicted octanol–water partition coefficient (Wildman–Crippen LogP) is 4.03. The van der Waals surface area contributed by atoms with Crippen LogP contribution in [0.15, 0.2) is 35.0 Å². The maximum atomic E-state index is 13.6. The molecule has 8 nitrogen and oxygen atoms in total. The molecule has 0 radical (unpaired) electrons. The number of carbonyl (C=O) groups is 1. The van der Waals surface area contributed by atoms with Gasteiger partial charge in [0.05, 0.1) is 37.3 Å². The number of nitrogens with zero attached hydrogens (tertiary/aromatic N) is 3. The van der Waals surface area contributed by atoms with E-state index in [-0.39, 0.29) is 17.8 Å². The molecule has 2 N–H and O–H groups in total. The maximum absolute atomic E-state index is 13.6. The quantitative estimate of drug-likeness (QED) is 0.639. The molecule has 1 aliphatic rings. The first-order valence-electron chi connectivity index (χ1n) is 10.3. The summed E-state index contributed by atoms with van der Waals surface area (Å²) in [5.41, 5.74) is 1.89. The molecule has 1 saturated heterocycles. The second-order valence-electron chi connectivity index (χ2n) is 7.92. The van der Waals surface area contributed by atoms with Crippen LogP contribution in [0.4, 0.5) is 20.8 Å². The Bertz CT molecular complexity index is 1060. The zero-order chi connectivity index (χ0) is 22.0. The fourth-order valence-corrected chi connectivity index (χ4v) is 3.66. The standard InChI is InChI=1S/C22H26FN5O3/c1-13(2)19(20-14(3)17-10-15(23)4-5-18(17)31-20)27-22(29)26-16-11-24-21(25-12-16)28-6-8-30-9-7-28/h4-5,10-13,19H,6-9H2,1-3H3,(H2,26,27,29)/t19-/m1/s1. The monoisotopic (exact) mass is 427 g/mol. The molecule has 2 amide bonds. The van der Waals surface area contributed by atoms with E-state index in [0.29, 0.717) is 41.6 Å². The van der Waals surface area contributed by atoms with Gasteiger partial charge in [-0.25, -0.2) is 19.2 Å². The molecule has 0 aliphatic carbocycles. The van der Waals surface area contributed by atoms with Gasteiger partial charge in [0.25, 0.3) is 0 Å². The summed E-state index contributed by atoms with van der Waals surface area (Å²) in [6.45, 7) is 8.62. The van der Waals surface area contributed by atoms with Gasteiger partial charge in [-0.1, -0.05) is 13.8 Å². The summed E-state index contributed by atoms with van der Waals surface area (Å²) in [4.78, 5) is 23.4. The number of amides is 2. The van der Waals surface area contributed by atoms with Crippen LogP contribution < -0.4 is 15.5 Å². The second-order valence-corrected chi connectivity index (χ2v) is 7.92. The number of ether oxygens (including phenoxy) is 1. The fraction of sp³-hybridized carbons (Fsp3) is 0.409. The number of rotatable bonds is 5. The van der Waals surface area contributed by atoms with Gasteiger partial charge in [-0.05, 0) is 31.0 Å². The molecule has 3 heterocycles. The van der Waals surface area contributed by atoms with Crippen LogP contribution in [0, 0.1) is 18.7 Å². The second kappa shape index (κ2) is 8.89. The van der Waals surface area contributed by atoms with Crippen molar-refractivity contribution in [2.45, 2.75) is 26.8 Å². The molecule has 1 fully saturated rings. The summed E-state index contributed by atoms with van der Waals surface area (Å²) in [5, 5.41) is 6.43. The number of hydrogen-bond acceptors (Lipinski definition) is 6. The van der Waals surface area contributed by atoms with E-state index in [2.05, 4.69) is 20.6 Å². The summed E-state index contributed by atoms with van der Waals surface area (Å²) >= 11 is 0. The topological polar surface area (TPSA) is 92.5 Å². The van der Waals surface area contributed by atoms with Crippen molar-refractivity contribution in [3.63, 3.8) is 0 Å². The van der Waals surface area contributed by atoms with E-state index in [9.17, 15) is 9.18 Å². The van der Waals surface area contributed by atoms with Gasteiger partial charge < -0.3 is 24.7 Å². The highest BCUT2D eigenvalue weighted by Crippen LogP contribution is 2.33. The number of benzene rings is 1. The summed E-state index contributed by atoms with van der Waals surface area (Å²) in [5.74, 6) is 0.953. The van der Waals surface area contributed by atoms with Crippen LogP contribution >= 0.6 is 0 Å². The first-order chi connectivity index (χ1) is 14.9. The molecular formula is C22H26FN5O3. The Morgan fingerprint density at radius 1 is 1.19 bits per heavy atom. The lowest BCUT2D eigenvalue weighted by atomic mass is 9.98. The van der Waals surface area contributed by atoms with Crippen LogP contribution in [0.1, 0.15) is 31.2 Å². The van der Waals surface area contributed by atoms with E-state index in [1.165, 1.54) is 12.1 Å². The van der Waals surface area contributed by atoms with Crippen LogP contribution in [0.25, 0.3) is 11.0 Å². The lowest BCUT2D eigenvalue weighted by molar-refractivity contribution is 0.122. The highest BCUT2D eigenvalue weighted by Gasteiger charge is 2.25. The molecule has 164 valence electrons. The van der Waals surface area contributed by atoms with Crippen LogP contribution in [-0.4, -0.2) is 42.3 Å². The third kappa shape index (κ3) is 4.61. The molecule has 3 aromatic rings. The van der Waals surface area contributed by atoms with Crippen molar-refractivity contribution in [1.29, 1.82) is 0 Å². The molecule has 0 bridgehead atoms. The summed E-state index contributed by atoms with van der Waals surface area (Å²) in [7, 11) is 0. The number of morpholine rings is 1. The molecule has 1 aliphatic heterocycles. The van der Waals surface area contributed by atoms with E-state index in [1.54, 1.807) is 18.5 Å². The highest BCUT2D eigenvalue weighted by molar-refractivity contribution is 5.89. The van der Waals surface area contributed by atoms with Crippen molar-refractivity contribution in [2.24, 2.45) is 5.92 Å². The molecule has 0 unspecified atom stereocenters. The van der Waals surface area contributed by atoms with Crippen molar-refractivity contribution in [1.82, 2.24) is 15.3 Å². The Hall–Kier alpha value is -3.20. The first kappa shape index (κ1) is 21.0. The van der Waals surface area contributed by atoms with Gasteiger partial charge in [0.2, 0.25) is 5.95 Å². The van der Waals surface area contributed by atoms with Crippen molar-refractivity contribution < 1.29 is 18.3 Å². The molecule has 4 rings (SSSR count). The van der Waals surface area contributed by atoms with Crippen molar-refractivity contribution in [3.05, 3.63) is 47.7 Å². The SMILES string of the molecule is Cc1c([C@H](NC(=O)Nc2cnc(N3CCOCC3)nc2)C(C)C)oc2ccc(F)cc12. The van der Waals surface area contributed by atoms with Crippen molar-refractivity contribution >= 4 is 28.6 Å². The van der Waals surface area contributed by atoms with E-state index >= 15 is 0 Å². The lowest BCUT2D eigenvalue weighted by Crippen LogP contribution is -2.37. The average molecular weight is 427 g/mol. The molecule has 1 atom stereocenters. The third-order valence-electron chi connectivity index (χ3n) is 5.36. The minimum absolute atomic E-state index is 0.0507. The number of anilines is 2. The smallest absolute Gasteiger partial charge is 0.319 e. The first-order valence-corrected chi connectivity index (χ1v) is 10.3.